The van der Waals surface area contributed by atoms with Crippen LogP contribution in [0.5, 0.6) is 0 Å². The summed E-state index contributed by atoms with van der Waals surface area (Å²) in [5.74, 6) is -0.900. The van der Waals surface area contributed by atoms with E-state index in [2.05, 4.69) is 118 Å². The maximum Gasteiger partial charge on any atom is 0.306 e. The molecule has 0 aromatic carbocycles. The average Bonchev–Trinajstić information content (AvgIpc) is 3.49. The van der Waals surface area contributed by atoms with E-state index in [1.54, 1.807) is 0 Å². The average molecular weight is 1160 g/mol. The number of ether oxygens (including phenoxy) is 3. The Morgan fingerprint density at radius 3 is 0.783 bits per heavy atom. The van der Waals surface area contributed by atoms with Crippen molar-refractivity contribution in [1.29, 1.82) is 0 Å². The van der Waals surface area contributed by atoms with Crippen molar-refractivity contribution in [3.8, 4) is 0 Å². The van der Waals surface area contributed by atoms with Crippen molar-refractivity contribution in [3.63, 3.8) is 0 Å². The van der Waals surface area contributed by atoms with Gasteiger partial charge in [0.25, 0.3) is 0 Å². The van der Waals surface area contributed by atoms with E-state index in [1.807, 2.05) is 0 Å². The molecule has 0 aliphatic carbocycles. The minimum absolute atomic E-state index is 0.0857. The molecule has 0 saturated heterocycles. The first-order valence-electron chi connectivity index (χ1n) is 35.7. The maximum absolute atomic E-state index is 13.0. The SMILES string of the molecule is CC/C=C\C/C=C\C/C=C\C/C=C\C/C=C\C/C=C\CCCCCCCCC(=O)OC(COC(=O)CCCCCCC/C=C\C/C=C\CCC)COC(=O)CCCCCCCCCCCCCCCCCCCCCCCCCCCCC. The van der Waals surface area contributed by atoms with Gasteiger partial charge in [-0.2, -0.15) is 0 Å². The van der Waals surface area contributed by atoms with Crippen molar-refractivity contribution < 1.29 is 28.6 Å². The standard InChI is InChI=1S/C77H134O6/c1-4-7-10-13-16-19-22-25-27-29-31-33-35-37-38-40-41-43-45-47-49-52-55-58-61-64-67-70-76(79)82-73-74(72-81-75(78)69-66-63-60-57-54-51-24-21-18-15-12-9-6-3)83-77(80)71-68-65-62-59-56-53-50-48-46-44-42-39-36-34-32-30-28-26-23-20-17-14-11-8-5-2/h8,11-12,15,17,20-21,24,26,28,32,34,39,42,46,48,74H,4-7,9-10,13-14,16,18-19,22-23,25,27,29-31,33,35-38,40-41,43-45,47,49-73H2,1-3H3/b11-8-,15-12-,20-17-,24-21-,28-26-,34-32-,42-39-,48-46-. The summed E-state index contributed by atoms with van der Waals surface area (Å²) in [5.41, 5.74) is 0. The summed E-state index contributed by atoms with van der Waals surface area (Å²) >= 11 is 0. The maximum atomic E-state index is 13.0. The zero-order valence-electron chi connectivity index (χ0n) is 54.9. The van der Waals surface area contributed by atoms with Gasteiger partial charge < -0.3 is 14.2 Å². The van der Waals surface area contributed by atoms with Gasteiger partial charge in [0.2, 0.25) is 0 Å². The fraction of sp³-hybridized carbons (Fsp3) is 0.753. The zero-order valence-corrected chi connectivity index (χ0v) is 54.9. The van der Waals surface area contributed by atoms with Crippen LogP contribution in [0.4, 0.5) is 0 Å². The molecule has 478 valence electrons. The van der Waals surface area contributed by atoms with Gasteiger partial charge in [-0.3, -0.25) is 14.4 Å². The first-order chi connectivity index (χ1) is 41.0. The van der Waals surface area contributed by atoms with Crippen molar-refractivity contribution in [2.75, 3.05) is 13.2 Å². The van der Waals surface area contributed by atoms with Crippen LogP contribution in [0.25, 0.3) is 0 Å². The molecule has 0 saturated carbocycles. The second-order valence-electron chi connectivity index (χ2n) is 23.8. The first kappa shape index (κ1) is 79.3. The number of allylic oxidation sites excluding steroid dienone is 16. The number of esters is 3. The fourth-order valence-electron chi connectivity index (χ4n) is 10.3. The molecule has 1 unspecified atom stereocenters. The lowest BCUT2D eigenvalue weighted by Gasteiger charge is -2.18. The minimum Gasteiger partial charge on any atom is -0.462 e. The molecule has 6 nitrogen and oxygen atoms in total. The van der Waals surface area contributed by atoms with Crippen LogP contribution in [0.1, 0.15) is 355 Å². The summed E-state index contributed by atoms with van der Waals surface area (Å²) in [6.07, 6.45) is 95.9. The molecule has 0 radical (unpaired) electrons. The Morgan fingerprint density at radius 2 is 0.494 bits per heavy atom. The van der Waals surface area contributed by atoms with Gasteiger partial charge in [-0.1, -0.05) is 336 Å². The minimum atomic E-state index is -0.793. The van der Waals surface area contributed by atoms with Gasteiger partial charge in [0.15, 0.2) is 6.10 Å². The van der Waals surface area contributed by atoms with Crippen LogP contribution in [0, 0.1) is 0 Å². The monoisotopic (exact) mass is 1160 g/mol. The summed E-state index contributed by atoms with van der Waals surface area (Å²) in [7, 11) is 0. The number of hydrogen-bond donors (Lipinski definition) is 0. The second kappa shape index (κ2) is 70.8. The van der Waals surface area contributed by atoms with Gasteiger partial charge in [-0.05, 0) is 96.3 Å². The molecule has 0 bridgehead atoms. The third kappa shape index (κ3) is 69.0. The molecule has 0 amide bonds. The zero-order chi connectivity index (χ0) is 59.9. The normalized spacial score (nSPS) is 12.7. The van der Waals surface area contributed by atoms with Crippen LogP contribution >= 0.6 is 0 Å². The highest BCUT2D eigenvalue weighted by Gasteiger charge is 2.19. The van der Waals surface area contributed by atoms with E-state index in [1.165, 1.54) is 173 Å². The van der Waals surface area contributed by atoms with E-state index in [0.717, 1.165) is 141 Å². The lowest BCUT2D eigenvalue weighted by molar-refractivity contribution is -0.167. The van der Waals surface area contributed by atoms with Gasteiger partial charge in [-0.25, -0.2) is 0 Å². The third-order valence-electron chi connectivity index (χ3n) is 15.6. The van der Waals surface area contributed by atoms with Crippen LogP contribution in [-0.2, 0) is 28.6 Å². The number of hydrogen-bond acceptors (Lipinski definition) is 6. The fourth-order valence-corrected chi connectivity index (χ4v) is 10.3. The molecule has 0 N–H and O–H groups in total. The number of carbonyl (C=O) groups is 3. The lowest BCUT2D eigenvalue weighted by Crippen LogP contribution is -2.30. The van der Waals surface area contributed by atoms with Crippen molar-refractivity contribution in [1.82, 2.24) is 0 Å². The van der Waals surface area contributed by atoms with Crippen LogP contribution < -0.4 is 0 Å². The second-order valence-corrected chi connectivity index (χ2v) is 23.8. The summed E-state index contributed by atoms with van der Waals surface area (Å²) in [4.78, 5) is 38.4. The Balaban J connectivity index is 4.29. The Labute approximate surface area is 515 Å². The van der Waals surface area contributed by atoms with Crippen LogP contribution in [0.3, 0.4) is 0 Å². The molecule has 0 rings (SSSR count). The van der Waals surface area contributed by atoms with E-state index < -0.39 is 6.10 Å². The van der Waals surface area contributed by atoms with E-state index in [4.69, 9.17) is 14.2 Å². The van der Waals surface area contributed by atoms with E-state index in [-0.39, 0.29) is 31.1 Å². The molecule has 0 aromatic heterocycles. The first-order valence-corrected chi connectivity index (χ1v) is 35.7. The molecular formula is C77H134O6. The molecule has 1 atom stereocenters. The van der Waals surface area contributed by atoms with Crippen LogP contribution in [-0.4, -0.2) is 37.2 Å². The van der Waals surface area contributed by atoms with E-state index in [9.17, 15) is 14.4 Å². The van der Waals surface area contributed by atoms with Crippen molar-refractivity contribution in [3.05, 3.63) is 97.2 Å². The Bertz CT molecular complexity index is 1610. The van der Waals surface area contributed by atoms with Crippen LogP contribution in [0.2, 0.25) is 0 Å². The topological polar surface area (TPSA) is 78.9 Å². The number of rotatable bonds is 65. The Kier molecular flexibility index (Phi) is 67.7. The van der Waals surface area contributed by atoms with Gasteiger partial charge in [0, 0.05) is 19.3 Å². The van der Waals surface area contributed by atoms with Crippen molar-refractivity contribution in [2.45, 2.75) is 361 Å². The molecular weight excluding hydrogens is 1020 g/mol. The van der Waals surface area contributed by atoms with Gasteiger partial charge in [0.05, 0.1) is 0 Å². The van der Waals surface area contributed by atoms with Gasteiger partial charge in [-0.15, -0.1) is 0 Å². The van der Waals surface area contributed by atoms with Crippen LogP contribution in [0.15, 0.2) is 97.2 Å². The van der Waals surface area contributed by atoms with Crippen molar-refractivity contribution >= 4 is 17.9 Å². The Morgan fingerprint density at radius 1 is 0.253 bits per heavy atom. The lowest BCUT2D eigenvalue weighted by atomic mass is 10.0. The molecule has 0 aliphatic rings. The summed E-state index contributed by atoms with van der Waals surface area (Å²) in [5, 5.41) is 0. The Hall–Kier alpha value is -3.67. The summed E-state index contributed by atoms with van der Waals surface area (Å²) in [6.45, 7) is 6.48. The highest BCUT2D eigenvalue weighted by atomic mass is 16.6. The molecule has 83 heavy (non-hydrogen) atoms. The summed E-state index contributed by atoms with van der Waals surface area (Å²) < 4.78 is 17.0. The summed E-state index contributed by atoms with van der Waals surface area (Å²) in [6, 6.07) is 0. The predicted octanol–water partition coefficient (Wildman–Crippen LogP) is 24.8. The molecule has 0 spiro atoms. The molecule has 0 aliphatic heterocycles. The van der Waals surface area contributed by atoms with Gasteiger partial charge >= 0.3 is 17.9 Å². The largest absolute Gasteiger partial charge is 0.462 e. The molecule has 0 fully saturated rings. The quantitative estimate of drug-likeness (QED) is 0.0261. The highest BCUT2D eigenvalue weighted by molar-refractivity contribution is 5.71. The number of carbonyl (C=O) groups excluding carboxylic acids is 3. The van der Waals surface area contributed by atoms with Crippen molar-refractivity contribution in [2.24, 2.45) is 0 Å². The van der Waals surface area contributed by atoms with E-state index >= 15 is 0 Å². The predicted molar refractivity (Wildman–Crippen MR) is 362 cm³/mol. The smallest absolute Gasteiger partial charge is 0.306 e. The van der Waals surface area contributed by atoms with Gasteiger partial charge in [0.1, 0.15) is 13.2 Å². The number of unbranched alkanes of at least 4 members (excludes halogenated alkanes) is 38. The molecule has 0 aromatic rings. The molecule has 6 heteroatoms. The molecule has 0 heterocycles. The van der Waals surface area contributed by atoms with E-state index in [0.29, 0.717) is 19.3 Å². The highest BCUT2D eigenvalue weighted by Crippen LogP contribution is 2.18. The third-order valence-corrected chi connectivity index (χ3v) is 15.6.